The number of aromatic hydroxyl groups is 5. The van der Waals surface area contributed by atoms with E-state index >= 15 is 0 Å². The molecule has 0 saturated heterocycles. The third-order valence-corrected chi connectivity index (χ3v) is 9.47. The first kappa shape index (κ1) is 55.8. The highest BCUT2D eigenvalue weighted by Gasteiger charge is 2.08. The fraction of sp³-hybridized carbons (Fsp3) is 0.385. The molecule has 0 aromatic heterocycles. The van der Waals surface area contributed by atoms with Gasteiger partial charge in [0.25, 0.3) is 0 Å². The number of methoxy groups -OCH3 is 5. The van der Waals surface area contributed by atoms with Crippen molar-refractivity contribution in [2.75, 3.05) is 48.8 Å². The van der Waals surface area contributed by atoms with Crippen molar-refractivity contribution >= 4 is 6.08 Å². The molecular formula is C52H72O12. The van der Waals surface area contributed by atoms with Gasteiger partial charge in [0.05, 0.1) is 35.5 Å². The van der Waals surface area contributed by atoms with Gasteiger partial charge in [0.15, 0.2) is 57.5 Å². The van der Waals surface area contributed by atoms with Crippen molar-refractivity contribution in [2.24, 2.45) is 0 Å². The minimum atomic E-state index is 0.148. The summed E-state index contributed by atoms with van der Waals surface area (Å²) in [5.41, 5.74) is 7.25. The Morgan fingerprint density at radius 1 is 0.438 bits per heavy atom. The van der Waals surface area contributed by atoms with E-state index in [1.807, 2.05) is 75.4 Å². The number of aliphatic hydroxyl groups is 2. The van der Waals surface area contributed by atoms with Gasteiger partial charge in [0.2, 0.25) is 0 Å². The molecule has 0 bridgehead atoms. The van der Waals surface area contributed by atoms with Crippen molar-refractivity contribution < 1.29 is 59.4 Å². The summed E-state index contributed by atoms with van der Waals surface area (Å²) >= 11 is 0. The van der Waals surface area contributed by atoms with Gasteiger partial charge in [-0.3, -0.25) is 0 Å². The predicted octanol–water partition coefficient (Wildman–Crippen LogP) is 10.4. The highest BCUT2D eigenvalue weighted by atomic mass is 16.5. The summed E-state index contributed by atoms with van der Waals surface area (Å²) in [6.07, 6.45) is 11.2. The Hall–Kier alpha value is -6.24. The lowest BCUT2D eigenvalue weighted by Crippen LogP contribution is -1.93. The van der Waals surface area contributed by atoms with Crippen molar-refractivity contribution in [3.05, 3.63) is 124 Å². The van der Waals surface area contributed by atoms with Gasteiger partial charge in [-0.2, -0.15) is 0 Å². The molecule has 5 aromatic carbocycles. The van der Waals surface area contributed by atoms with Gasteiger partial charge in [-0.15, -0.1) is 0 Å². The van der Waals surface area contributed by atoms with E-state index in [0.29, 0.717) is 28.7 Å². The van der Waals surface area contributed by atoms with Crippen molar-refractivity contribution in [3.63, 3.8) is 0 Å². The number of rotatable bonds is 16. The number of ether oxygens (including phenoxy) is 5. The molecule has 5 aromatic rings. The molecule has 0 atom stereocenters. The molecule has 0 fully saturated rings. The minimum absolute atomic E-state index is 0.148. The van der Waals surface area contributed by atoms with Gasteiger partial charge in [-0.1, -0.05) is 69.2 Å². The molecular weight excluding hydrogens is 817 g/mol. The summed E-state index contributed by atoms with van der Waals surface area (Å²) in [5, 5.41) is 64.3. The first-order valence-electron chi connectivity index (χ1n) is 21.4. The van der Waals surface area contributed by atoms with Crippen molar-refractivity contribution in [2.45, 2.75) is 86.0 Å². The number of phenols is 5. The molecule has 12 nitrogen and oxygen atoms in total. The average Bonchev–Trinajstić information content (AvgIpc) is 3.30. The molecule has 352 valence electrons. The topological polar surface area (TPSA) is 188 Å². The molecule has 0 heterocycles. The molecule has 7 N–H and O–H groups in total. The maximum Gasteiger partial charge on any atom is 0.161 e. The summed E-state index contributed by atoms with van der Waals surface area (Å²) < 4.78 is 25.0. The quantitative estimate of drug-likeness (QED) is 0.0498. The normalized spacial score (nSPS) is 10.1. The number of aliphatic hydroxyl groups excluding tert-OH is 2. The third kappa shape index (κ3) is 19.9. The highest BCUT2D eigenvalue weighted by molar-refractivity contribution is 5.55. The zero-order chi connectivity index (χ0) is 48.0. The van der Waals surface area contributed by atoms with Gasteiger partial charge in [0.1, 0.15) is 0 Å². The fourth-order valence-electron chi connectivity index (χ4n) is 6.13. The third-order valence-electron chi connectivity index (χ3n) is 9.47. The minimum Gasteiger partial charge on any atom is -0.504 e. The van der Waals surface area contributed by atoms with Crippen molar-refractivity contribution in [1.29, 1.82) is 0 Å². The number of benzene rings is 5. The van der Waals surface area contributed by atoms with Crippen molar-refractivity contribution in [1.82, 2.24) is 0 Å². The molecule has 64 heavy (non-hydrogen) atoms. The Morgan fingerprint density at radius 3 is 1.17 bits per heavy atom. The van der Waals surface area contributed by atoms with E-state index in [2.05, 4.69) is 13.8 Å². The van der Waals surface area contributed by atoms with Gasteiger partial charge in [-0.05, 0) is 147 Å². The second-order valence-corrected chi connectivity index (χ2v) is 14.5. The largest absolute Gasteiger partial charge is 0.504 e. The molecule has 0 aliphatic rings. The van der Waals surface area contributed by atoms with E-state index in [1.165, 1.54) is 32.5 Å². The van der Waals surface area contributed by atoms with Crippen LogP contribution >= 0.6 is 0 Å². The maximum absolute atomic E-state index is 9.57. The summed E-state index contributed by atoms with van der Waals surface area (Å²) in [5.74, 6) is 3.59. The first-order valence-corrected chi connectivity index (χ1v) is 21.4. The second kappa shape index (κ2) is 31.6. The first-order chi connectivity index (χ1) is 30.7. The Bertz CT molecular complexity index is 2110. The Labute approximate surface area is 380 Å². The zero-order valence-electron chi connectivity index (χ0n) is 39.4. The number of hydrogen-bond acceptors (Lipinski definition) is 12. The van der Waals surface area contributed by atoms with Gasteiger partial charge in [0, 0.05) is 13.2 Å². The highest BCUT2D eigenvalue weighted by Crippen LogP contribution is 2.33. The van der Waals surface area contributed by atoms with E-state index in [1.54, 1.807) is 50.6 Å². The smallest absolute Gasteiger partial charge is 0.161 e. The lowest BCUT2D eigenvalue weighted by molar-refractivity contribution is 0.288. The molecule has 0 saturated carbocycles. The van der Waals surface area contributed by atoms with E-state index in [-0.39, 0.29) is 42.0 Å². The SMILES string of the molecule is C/C=C/c1ccc(O)c(OC)c1.CCCc1cc(C)c(O)c(OC)c1.CCCc1ccc(O)c(OC)c1.COc1cc(CCCO)cc(C)c1O.COc1cc(CCCO)ccc1O. The molecule has 0 radical (unpaired) electrons. The Morgan fingerprint density at radius 2 is 0.781 bits per heavy atom. The van der Waals surface area contributed by atoms with Crippen LogP contribution in [0.4, 0.5) is 0 Å². The van der Waals surface area contributed by atoms with Gasteiger partial charge >= 0.3 is 0 Å². The average molecular weight is 889 g/mol. The van der Waals surface area contributed by atoms with E-state index < -0.39 is 0 Å². The van der Waals surface area contributed by atoms with Crippen LogP contribution in [0, 0.1) is 13.8 Å². The fourth-order valence-corrected chi connectivity index (χ4v) is 6.13. The lowest BCUT2D eigenvalue weighted by atomic mass is 10.1. The second-order valence-electron chi connectivity index (χ2n) is 14.5. The van der Waals surface area contributed by atoms with Crippen LogP contribution < -0.4 is 23.7 Å². The van der Waals surface area contributed by atoms with Crippen LogP contribution in [0.2, 0.25) is 0 Å². The number of hydrogen-bond donors (Lipinski definition) is 7. The Kier molecular flexibility index (Phi) is 27.5. The van der Waals surface area contributed by atoms with Gasteiger partial charge in [-0.25, -0.2) is 0 Å². The van der Waals surface area contributed by atoms with Crippen LogP contribution in [0.5, 0.6) is 57.5 Å². The molecule has 0 spiro atoms. The molecule has 12 heteroatoms. The molecule has 0 aliphatic heterocycles. The molecule has 0 unspecified atom stereocenters. The summed E-state index contributed by atoms with van der Waals surface area (Å²) in [7, 11) is 7.72. The number of phenolic OH excluding ortho intramolecular Hbond substituents is 5. The van der Waals surface area contributed by atoms with E-state index in [4.69, 9.17) is 33.9 Å². The van der Waals surface area contributed by atoms with E-state index in [9.17, 15) is 25.5 Å². The molecule has 0 amide bonds. The molecule has 5 rings (SSSR count). The van der Waals surface area contributed by atoms with Crippen LogP contribution in [0.15, 0.2) is 84.9 Å². The van der Waals surface area contributed by atoms with Crippen LogP contribution in [0.1, 0.15) is 85.4 Å². The number of allylic oxidation sites excluding steroid dienone is 1. The van der Waals surface area contributed by atoms with Crippen LogP contribution in [-0.4, -0.2) is 84.5 Å². The summed E-state index contributed by atoms with van der Waals surface area (Å²) in [6, 6.07) is 23.5. The predicted molar refractivity (Wildman–Crippen MR) is 256 cm³/mol. The van der Waals surface area contributed by atoms with Crippen LogP contribution in [0.3, 0.4) is 0 Å². The van der Waals surface area contributed by atoms with Gasteiger partial charge < -0.3 is 59.4 Å². The van der Waals surface area contributed by atoms with Crippen molar-refractivity contribution in [3.8, 4) is 57.5 Å². The summed E-state index contributed by atoms with van der Waals surface area (Å²) in [6.45, 7) is 10.3. The number of aryl methyl sites for hydroxylation is 6. The monoisotopic (exact) mass is 889 g/mol. The van der Waals surface area contributed by atoms with Crippen LogP contribution in [-0.2, 0) is 25.7 Å². The summed E-state index contributed by atoms with van der Waals surface area (Å²) in [4.78, 5) is 0. The van der Waals surface area contributed by atoms with Crippen LogP contribution in [0.25, 0.3) is 6.08 Å². The zero-order valence-corrected chi connectivity index (χ0v) is 39.4. The Balaban J connectivity index is 0.000000400. The maximum atomic E-state index is 9.57. The molecule has 0 aliphatic carbocycles. The standard InChI is InChI=1S/C11H16O3.C11H16O2.C10H14O3.C10H14O2.C10H12O2/c1-8-6-9(4-3-5-12)7-10(14-2)11(8)13;1-4-5-9-6-8(2)11(12)10(7-9)13-3;1-13-10-7-8(3-2-6-11)4-5-9(10)12;2*1-3-4-8-5-6-9(11)10(7-8)12-2/h6-7,12-13H,3-5H2,1-2H3;6-7,12H,4-5H2,1-3H3;4-5,7,11-12H,2-3,6H2,1H3;5-7,11H,3-4H2,1-2H3;3-7,11H,1-2H3/b;;;;4-3+. The van der Waals surface area contributed by atoms with E-state index in [0.717, 1.165) is 79.2 Å². The lowest BCUT2D eigenvalue weighted by Gasteiger charge is -2.09.